The van der Waals surface area contributed by atoms with Gasteiger partial charge in [0, 0.05) is 28.2 Å². The van der Waals surface area contributed by atoms with Gasteiger partial charge in [-0.2, -0.15) is 0 Å². The zero-order valence-electron chi connectivity index (χ0n) is 7.33. The number of hydrogen-bond acceptors (Lipinski definition) is 2. The molecule has 2 N–H and O–H groups in total. The van der Waals surface area contributed by atoms with Crippen LogP contribution >= 0.6 is 0 Å². The summed E-state index contributed by atoms with van der Waals surface area (Å²) >= 11 is 0. The van der Waals surface area contributed by atoms with Gasteiger partial charge in [-0.1, -0.05) is 0 Å². The van der Waals surface area contributed by atoms with Crippen LogP contribution in [0.4, 0.5) is 0 Å². The fourth-order valence-corrected chi connectivity index (χ4v) is 0.535. The summed E-state index contributed by atoms with van der Waals surface area (Å²) in [7, 11) is 7.49. The largest absolute Gasteiger partial charge is 0.483 e. The van der Waals surface area contributed by atoms with Gasteiger partial charge in [-0.3, -0.25) is 9.79 Å². The Labute approximate surface area is 66.7 Å². The predicted molar refractivity (Wildman–Crippen MR) is 44.8 cm³/mol. The zero-order valence-corrected chi connectivity index (χ0v) is 7.33. The van der Waals surface area contributed by atoms with Gasteiger partial charge < -0.3 is 15.3 Å². The topological polar surface area (TPSA) is 64.9 Å². The Kier molecular flexibility index (Phi) is 9.87. The first-order valence-corrected chi connectivity index (χ1v) is 3.03. The lowest BCUT2D eigenvalue weighted by molar-refractivity contribution is -0.122. The molecular formula is C6H15N3O2. The Hall–Kier alpha value is -1.26. The SMILES string of the molecule is C/N=C(\NC)N(C)C.O=CO. The lowest BCUT2D eigenvalue weighted by Gasteiger charge is -2.12. The monoisotopic (exact) mass is 161 g/mol. The van der Waals surface area contributed by atoms with Gasteiger partial charge >= 0.3 is 0 Å². The molecule has 11 heavy (non-hydrogen) atoms. The minimum absolute atomic E-state index is 0.250. The summed E-state index contributed by atoms with van der Waals surface area (Å²) in [4.78, 5) is 14.2. The molecule has 5 nitrogen and oxygen atoms in total. The predicted octanol–water partition coefficient (Wildman–Crippen LogP) is -0.546. The molecule has 0 rings (SSSR count). The maximum atomic E-state index is 8.36. The molecule has 0 aromatic rings. The molecular weight excluding hydrogens is 146 g/mol. The molecule has 0 atom stereocenters. The Balaban J connectivity index is 0. The molecule has 0 amide bonds. The van der Waals surface area contributed by atoms with E-state index >= 15 is 0 Å². The molecule has 5 heteroatoms. The first-order valence-electron chi connectivity index (χ1n) is 3.03. The second kappa shape index (κ2) is 8.74. The van der Waals surface area contributed by atoms with Crippen molar-refractivity contribution in [2.75, 3.05) is 28.2 Å². The van der Waals surface area contributed by atoms with Crippen LogP contribution < -0.4 is 5.32 Å². The summed E-state index contributed by atoms with van der Waals surface area (Å²) in [5.41, 5.74) is 0. The number of hydrogen-bond donors (Lipinski definition) is 2. The van der Waals surface area contributed by atoms with Crippen LogP contribution in [-0.2, 0) is 4.79 Å². The molecule has 0 saturated heterocycles. The second-order valence-electron chi connectivity index (χ2n) is 1.80. The smallest absolute Gasteiger partial charge is 0.290 e. The number of aliphatic imine (C=N–C) groups is 1. The van der Waals surface area contributed by atoms with E-state index in [0.717, 1.165) is 5.96 Å². The van der Waals surface area contributed by atoms with Gasteiger partial charge in [0.05, 0.1) is 0 Å². The van der Waals surface area contributed by atoms with Crippen LogP contribution in [0.2, 0.25) is 0 Å². The quantitative estimate of drug-likeness (QED) is 0.284. The maximum absolute atomic E-state index is 8.36. The molecule has 0 aliphatic carbocycles. The van der Waals surface area contributed by atoms with Crippen LogP contribution in [0.15, 0.2) is 4.99 Å². The van der Waals surface area contributed by atoms with Crippen molar-refractivity contribution in [3.8, 4) is 0 Å². The first kappa shape index (κ1) is 12.4. The third kappa shape index (κ3) is 8.74. The third-order valence-corrected chi connectivity index (χ3v) is 0.859. The highest BCUT2D eigenvalue weighted by atomic mass is 16.3. The van der Waals surface area contributed by atoms with Crippen molar-refractivity contribution >= 4 is 12.4 Å². The minimum atomic E-state index is -0.250. The summed E-state index contributed by atoms with van der Waals surface area (Å²) in [6.07, 6.45) is 0. The fourth-order valence-electron chi connectivity index (χ4n) is 0.535. The summed E-state index contributed by atoms with van der Waals surface area (Å²) < 4.78 is 0. The van der Waals surface area contributed by atoms with Crippen molar-refractivity contribution in [3.05, 3.63) is 0 Å². The lowest BCUT2D eigenvalue weighted by Crippen LogP contribution is -2.33. The highest BCUT2D eigenvalue weighted by Crippen LogP contribution is 1.73. The average molecular weight is 161 g/mol. The van der Waals surface area contributed by atoms with E-state index < -0.39 is 0 Å². The molecule has 0 unspecified atom stereocenters. The first-order chi connectivity index (χ1) is 5.13. The summed E-state index contributed by atoms with van der Waals surface area (Å²) in [5.74, 6) is 0.894. The Morgan fingerprint density at radius 3 is 2.00 bits per heavy atom. The molecule has 0 aliphatic heterocycles. The van der Waals surface area contributed by atoms with Gasteiger partial charge in [0.15, 0.2) is 5.96 Å². The van der Waals surface area contributed by atoms with Crippen molar-refractivity contribution in [2.24, 2.45) is 4.99 Å². The number of carboxylic acid groups (broad SMARTS) is 1. The van der Waals surface area contributed by atoms with E-state index in [1.165, 1.54) is 0 Å². The van der Waals surface area contributed by atoms with E-state index in [0.29, 0.717) is 0 Å². The number of rotatable bonds is 0. The maximum Gasteiger partial charge on any atom is 0.290 e. The van der Waals surface area contributed by atoms with E-state index in [-0.39, 0.29) is 6.47 Å². The van der Waals surface area contributed by atoms with Crippen LogP contribution in [-0.4, -0.2) is 50.6 Å². The average Bonchev–Trinajstić information content (AvgIpc) is 1.91. The van der Waals surface area contributed by atoms with E-state index in [9.17, 15) is 0 Å². The molecule has 0 aromatic carbocycles. The van der Waals surface area contributed by atoms with Crippen molar-refractivity contribution in [1.82, 2.24) is 10.2 Å². The minimum Gasteiger partial charge on any atom is -0.483 e. The molecule has 0 fully saturated rings. The molecule has 0 aliphatic rings. The number of nitrogens with one attached hydrogen (secondary N) is 1. The van der Waals surface area contributed by atoms with E-state index in [1.807, 2.05) is 26.0 Å². The van der Waals surface area contributed by atoms with Crippen molar-refractivity contribution in [1.29, 1.82) is 0 Å². The summed E-state index contributed by atoms with van der Waals surface area (Å²) in [6.45, 7) is -0.250. The molecule has 0 bridgehead atoms. The molecule has 0 aromatic heterocycles. The van der Waals surface area contributed by atoms with Crippen molar-refractivity contribution in [2.45, 2.75) is 0 Å². The molecule has 0 heterocycles. The standard InChI is InChI=1S/C5H13N3.CH2O2/c1-6-5(7-2)8(3)4;2-1-3/h1-4H3,(H,6,7);1H,(H,2,3). The molecule has 0 radical (unpaired) electrons. The molecule has 0 saturated carbocycles. The number of nitrogens with zero attached hydrogens (tertiary/aromatic N) is 2. The van der Waals surface area contributed by atoms with Crippen LogP contribution in [0.1, 0.15) is 0 Å². The van der Waals surface area contributed by atoms with Crippen molar-refractivity contribution in [3.63, 3.8) is 0 Å². The summed E-state index contributed by atoms with van der Waals surface area (Å²) in [5, 5.41) is 9.82. The van der Waals surface area contributed by atoms with Crippen LogP contribution in [0.3, 0.4) is 0 Å². The van der Waals surface area contributed by atoms with Gasteiger partial charge in [-0.15, -0.1) is 0 Å². The van der Waals surface area contributed by atoms with Gasteiger partial charge in [-0.25, -0.2) is 0 Å². The third-order valence-electron chi connectivity index (χ3n) is 0.859. The normalized spacial score (nSPS) is 9.27. The second-order valence-corrected chi connectivity index (χ2v) is 1.80. The number of carbonyl (C=O) groups is 1. The Bertz CT molecular complexity index is 123. The van der Waals surface area contributed by atoms with Gasteiger partial charge in [0.2, 0.25) is 0 Å². The Morgan fingerprint density at radius 1 is 1.64 bits per heavy atom. The van der Waals surface area contributed by atoms with Crippen LogP contribution in [0.25, 0.3) is 0 Å². The zero-order chi connectivity index (χ0) is 9.28. The van der Waals surface area contributed by atoms with Crippen molar-refractivity contribution < 1.29 is 9.90 Å². The van der Waals surface area contributed by atoms with Gasteiger partial charge in [0.1, 0.15) is 0 Å². The van der Waals surface area contributed by atoms with Gasteiger partial charge in [-0.05, 0) is 0 Å². The molecule has 66 valence electrons. The van der Waals surface area contributed by atoms with Crippen LogP contribution in [0, 0.1) is 0 Å². The van der Waals surface area contributed by atoms with Gasteiger partial charge in [0.25, 0.3) is 6.47 Å². The Morgan fingerprint density at radius 2 is 2.00 bits per heavy atom. The summed E-state index contributed by atoms with van der Waals surface area (Å²) in [6, 6.07) is 0. The number of guanidine groups is 1. The fraction of sp³-hybridized carbons (Fsp3) is 0.667. The van der Waals surface area contributed by atoms with Crippen LogP contribution in [0.5, 0.6) is 0 Å². The molecule has 0 spiro atoms. The highest BCUT2D eigenvalue weighted by Gasteiger charge is 1.91. The highest BCUT2D eigenvalue weighted by molar-refractivity contribution is 5.78. The van der Waals surface area contributed by atoms with E-state index in [4.69, 9.17) is 9.90 Å². The lowest BCUT2D eigenvalue weighted by atomic mass is 10.8. The van der Waals surface area contributed by atoms with E-state index in [1.54, 1.807) is 7.05 Å². The van der Waals surface area contributed by atoms with E-state index in [2.05, 4.69) is 10.3 Å².